The van der Waals surface area contributed by atoms with Crippen LogP contribution in [0.3, 0.4) is 0 Å². The maximum Gasteiger partial charge on any atom is 0.225 e. The second-order valence-corrected chi connectivity index (χ2v) is 6.97. The van der Waals surface area contributed by atoms with Crippen LogP contribution < -0.4 is 0 Å². The molecule has 3 rings (SSSR count). The first-order valence-electron chi connectivity index (χ1n) is 8.83. The van der Waals surface area contributed by atoms with Gasteiger partial charge in [0, 0.05) is 38.0 Å². The van der Waals surface area contributed by atoms with E-state index in [0.717, 1.165) is 51.9 Å². The molecule has 0 spiro atoms. The Labute approximate surface area is 127 Å². The lowest BCUT2D eigenvalue weighted by Gasteiger charge is -2.38. The van der Waals surface area contributed by atoms with Crippen LogP contribution in [0.25, 0.3) is 0 Å². The van der Waals surface area contributed by atoms with Gasteiger partial charge in [-0.1, -0.05) is 32.1 Å². The molecule has 0 aromatic heterocycles. The summed E-state index contributed by atoms with van der Waals surface area (Å²) in [7, 11) is 0. The average molecular weight is 292 g/mol. The lowest BCUT2D eigenvalue weighted by atomic mass is 9.88. The first-order chi connectivity index (χ1) is 10.3. The third kappa shape index (κ3) is 3.41. The summed E-state index contributed by atoms with van der Waals surface area (Å²) in [5.41, 5.74) is 0. The van der Waals surface area contributed by atoms with E-state index in [4.69, 9.17) is 0 Å². The van der Waals surface area contributed by atoms with E-state index in [1.807, 2.05) is 9.80 Å². The third-order valence-electron chi connectivity index (χ3n) is 5.56. The Morgan fingerprint density at radius 3 is 1.29 bits per heavy atom. The van der Waals surface area contributed by atoms with Crippen LogP contribution in [0.1, 0.15) is 57.8 Å². The van der Waals surface area contributed by atoms with E-state index in [2.05, 4.69) is 0 Å². The van der Waals surface area contributed by atoms with Crippen molar-refractivity contribution < 1.29 is 9.59 Å². The van der Waals surface area contributed by atoms with Gasteiger partial charge in [-0.3, -0.25) is 9.59 Å². The van der Waals surface area contributed by atoms with Gasteiger partial charge in [-0.2, -0.15) is 0 Å². The molecule has 0 radical (unpaired) electrons. The minimum atomic E-state index is 0.260. The largest absolute Gasteiger partial charge is 0.339 e. The van der Waals surface area contributed by atoms with E-state index in [9.17, 15) is 9.59 Å². The first-order valence-corrected chi connectivity index (χ1v) is 8.83. The van der Waals surface area contributed by atoms with Crippen LogP contribution >= 0.6 is 0 Å². The molecule has 2 aliphatic carbocycles. The Morgan fingerprint density at radius 1 is 0.571 bits per heavy atom. The molecule has 118 valence electrons. The highest BCUT2D eigenvalue weighted by Gasteiger charge is 2.32. The number of carbonyl (C=O) groups excluding carboxylic acids is 2. The number of nitrogens with zero attached hydrogens (tertiary/aromatic N) is 2. The SMILES string of the molecule is O=C(C1CCCCC1)N1CCN(C(=O)C2CCCC2)CC1. The molecule has 0 unspecified atom stereocenters. The van der Waals surface area contributed by atoms with Crippen LogP contribution in [0.4, 0.5) is 0 Å². The highest BCUT2D eigenvalue weighted by atomic mass is 16.2. The Kier molecular flexibility index (Phi) is 4.81. The van der Waals surface area contributed by atoms with Gasteiger partial charge in [-0.15, -0.1) is 0 Å². The van der Waals surface area contributed by atoms with Gasteiger partial charge in [0.2, 0.25) is 11.8 Å². The smallest absolute Gasteiger partial charge is 0.225 e. The van der Waals surface area contributed by atoms with E-state index in [-0.39, 0.29) is 11.8 Å². The molecule has 0 aromatic rings. The van der Waals surface area contributed by atoms with Crippen molar-refractivity contribution in [2.75, 3.05) is 26.2 Å². The second-order valence-electron chi connectivity index (χ2n) is 6.97. The van der Waals surface area contributed by atoms with E-state index in [0.29, 0.717) is 11.8 Å². The molecule has 0 N–H and O–H groups in total. The summed E-state index contributed by atoms with van der Waals surface area (Å²) in [6.07, 6.45) is 10.4. The van der Waals surface area contributed by atoms with Crippen LogP contribution in [0.2, 0.25) is 0 Å². The van der Waals surface area contributed by atoms with Crippen molar-refractivity contribution in [3.8, 4) is 0 Å². The molecule has 2 saturated carbocycles. The van der Waals surface area contributed by atoms with E-state index in [1.54, 1.807) is 0 Å². The Hall–Kier alpha value is -1.06. The minimum Gasteiger partial charge on any atom is -0.339 e. The zero-order valence-electron chi connectivity index (χ0n) is 13.1. The molecule has 3 fully saturated rings. The van der Waals surface area contributed by atoms with Crippen LogP contribution in [-0.4, -0.2) is 47.8 Å². The summed E-state index contributed by atoms with van der Waals surface area (Å²) < 4.78 is 0. The number of hydrogen-bond donors (Lipinski definition) is 0. The summed E-state index contributed by atoms with van der Waals surface area (Å²) in [6, 6.07) is 0. The molecule has 1 aliphatic heterocycles. The molecule has 0 bridgehead atoms. The monoisotopic (exact) mass is 292 g/mol. The van der Waals surface area contributed by atoms with Gasteiger partial charge >= 0.3 is 0 Å². The van der Waals surface area contributed by atoms with E-state index < -0.39 is 0 Å². The molecular weight excluding hydrogens is 264 g/mol. The molecule has 21 heavy (non-hydrogen) atoms. The van der Waals surface area contributed by atoms with Crippen LogP contribution in [0.5, 0.6) is 0 Å². The highest BCUT2D eigenvalue weighted by molar-refractivity contribution is 5.81. The van der Waals surface area contributed by atoms with Gasteiger partial charge in [0.05, 0.1) is 0 Å². The average Bonchev–Trinajstić information content (AvgIpc) is 3.09. The van der Waals surface area contributed by atoms with Gasteiger partial charge < -0.3 is 9.80 Å². The van der Waals surface area contributed by atoms with Gasteiger partial charge in [-0.05, 0) is 25.7 Å². The van der Waals surface area contributed by atoms with Crippen molar-refractivity contribution >= 4 is 11.8 Å². The maximum atomic E-state index is 12.5. The predicted octanol–water partition coefficient (Wildman–Crippen LogP) is 2.43. The summed E-state index contributed by atoms with van der Waals surface area (Å²) in [4.78, 5) is 28.9. The summed E-state index contributed by atoms with van der Waals surface area (Å²) in [5, 5.41) is 0. The van der Waals surface area contributed by atoms with Crippen molar-refractivity contribution in [1.29, 1.82) is 0 Å². The van der Waals surface area contributed by atoms with Crippen molar-refractivity contribution in [1.82, 2.24) is 9.80 Å². The molecule has 3 aliphatic rings. The van der Waals surface area contributed by atoms with Crippen LogP contribution in [-0.2, 0) is 9.59 Å². The fraction of sp³-hybridized carbons (Fsp3) is 0.882. The molecular formula is C17H28N2O2. The number of amides is 2. The normalized spacial score (nSPS) is 25.3. The highest BCUT2D eigenvalue weighted by Crippen LogP contribution is 2.28. The lowest BCUT2D eigenvalue weighted by molar-refractivity contribution is -0.144. The molecule has 2 amide bonds. The topological polar surface area (TPSA) is 40.6 Å². The Bertz CT molecular complexity index is 376. The van der Waals surface area contributed by atoms with Crippen molar-refractivity contribution in [2.45, 2.75) is 57.8 Å². The molecule has 0 aromatic carbocycles. The molecule has 1 heterocycles. The molecule has 0 atom stereocenters. The fourth-order valence-electron chi connectivity index (χ4n) is 4.19. The standard InChI is InChI=1S/C17H28N2O2/c20-16(14-6-2-1-3-7-14)18-10-12-19(13-11-18)17(21)15-8-4-5-9-15/h14-15H,1-13H2. The van der Waals surface area contributed by atoms with Crippen molar-refractivity contribution in [2.24, 2.45) is 11.8 Å². The number of hydrogen-bond acceptors (Lipinski definition) is 2. The fourth-order valence-corrected chi connectivity index (χ4v) is 4.19. The number of rotatable bonds is 2. The Balaban J connectivity index is 1.48. The van der Waals surface area contributed by atoms with Crippen LogP contribution in [0.15, 0.2) is 0 Å². The second kappa shape index (κ2) is 6.80. The Morgan fingerprint density at radius 2 is 0.905 bits per heavy atom. The lowest BCUT2D eigenvalue weighted by Crippen LogP contribution is -2.53. The third-order valence-corrected chi connectivity index (χ3v) is 5.56. The molecule has 1 saturated heterocycles. The van der Waals surface area contributed by atoms with Crippen molar-refractivity contribution in [3.05, 3.63) is 0 Å². The number of carbonyl (C=O) groups is 2. The minimum absolute atomic E-state index is 0.260. The summed E-state index contributed by atoms with van der Waals surface area (Å²) >= 11 is 0. The summed E-state index contributed by atoms with van der Waals surface area (Å²) in [6.45, 7) is 2.98. The quantitative estimate of drug-likeness (QED) is 0.784. The van der Waals surface area contributed by atoms with E-state index in [1.165, 1.54) is 32.1 Å². The number of piperazine rings is 1. The van der Waals surface area contributed by atoms with E-state index >= 15 is 0 Å². The molecule has 4 heteroatoms. The van der Waals surface area contributed by atoms with Gasteiger partial charge in [0.15, 0.2) is 0 Å². The van der Waals surface area contributed by atoms with Gasteiger partial charge in [-0.25, -0.2) is 0 Å². The maximum absolute atomic E-state index is 12.5. The zero-order chi connectivity index (χ0) is 14.7. The first kappa shape index (κ1) is 14.9. The summed E-state index contributed by atoms with van der Waals surface area (Å²) in [5.74, 6) is 1.22. The predicted molar refractivity (Wildman–Crippen MR) is 81.7 cm³/mol. The molecule has 4 nitrogen and oxygen atoms in total. The van der Waals surface area contributed by atoms with Gasteiger partial charge in [0.1, 0.15) is 0 Å². The van der Waals surface area contributed by atoms with Gasteiger partial charge in [0.25, 0.3) is 0 Å². The van der Waals surface area contributed by atoms with Crippen molar-refractivity contribution in [3.63, 3.8) is 0 Å². The zero-order valence-corrected chi connectivity index (χ0v) is 13.1. The van der Waals surface area contributed by atoms with Crippen LogP contribution in [0, 0.1) is 11.8 Å².